The Morgan fingerprint density at radius 2 is 1.69 bits per heavy atom. The Kier molecular flexibility index (Phi) is 7.99. The van der Waals surface area contributed by atoms with Crippen LogP contribution in [-0.2, 0) is 25.7 Å². The zero-order valence-electron chi connectivity index (χ0n) is 22.0. The van der Waals surface area contributed by atoms with Gasteiger partial charge >= 0.3 is 11.9 Å². The van der Waals surface area contributed by atoms with E-state index in [9.17, 15) is 18.0 Å². The summed E-state index contributed by atoms with van der Waals surface area (Å²) in [6.07, 6.45) is 2.19. The number of halogens is 3. The number of alkyl halides is 3. The Morgan fingerprint density at radius 3 is 2.33 bits per heavy atom. The van der Waals surface area contributed by atoms with E-state index in [1.807, 2.05) is 55.5 Å². The molecule has 2 aromatic heterocycles. The van der Waals surface area contributed by atoms with Gasteiger partial charge in [0.1, 0.15) is 5.69 Å². The molecule has 0 unspecified atom stereocenters. The van der Waals surface area contributed by atoms with Crippen molar-refractivity contribution in [1.82, 2.24) is 29.8 Å². The molecule has 5 rings (SSSR count). The maximum absolute atomic E-state index is 14.3. The Hall–Kier alpha value is -3.69. The zero-order chi connectivity index (χ0) is 27.4. The van der Waals surface area contributed by atoms with Gasteiger partial charge in [-0.25, -0.2) is 9.89 Å². The van der Waals surface area contributed by atoms with Gasteiger partial charge in [0, 0.05) is 12.1 Å². The molecule has 39 heavy (non-hydrogen) atoms. The summed E-state index contributed by atoms with van der Waals surface area (Å²) in [7, 11) is 0. The highest BCUT2D eigenvalue weighted by atomic mass is 19.4. The fourth-order valence-electron chi connectivity index (χ4n) is 5.79. The topological polar surface area (TPSA) is 81.4 Å². The molecular formula is C29H33F3N6O. The number of hydrogen-bond donors (Lipinski definition) is 1. The van der Waals surface area contributed by atoms with Crippen LogP contribution < -0.4 is 5.69 Å². The van der Waals surface area contributed by atoms with Gasteiger partial charge in [0.05, 0.1) is 12.2 Å². The summed E-state index contributed by atoms with van der Waals surface area (Å²) in [6.45, 7) is 2.03. The van der Waals surface area contributed by atoms with E-state index in [4.69, 9.17) is 0 Å². The molecule has 10 heteroatoms. The summed E-state index contributed by atoms with van der Waals surface area (Å²) in [5.74, 6) is 0.924. The van der Waals surface area contributed by atoms with Crippen molar-refractivity contribution in [3.05, 3.63) is 76.0 Å². The number of aromatic amines is 1. The fourth-order valence-corrected chi connectivity index (χ4v) is 5.79. The van der Waals surface area contributed by atoms with Gasteiger partial charge in [-0.15, -0.1) is 5.10 Å². The van der Waals surface area contributed by atoms with E-state index in [-0.39, 0.29) is 25.2 Å². The third-order valence-electron chi connectivity index (χ3n) is 7.71. The first-order valence-electron chi connectivity index (χ1n) is 13.7. The lowest BCUT2D eigenvalue weighted by atomic mass is 9.87. The van der Waals surface area contributed by atoms with Crippen molar-refractivity contribution < 1.29 is 13.2 Å². The number of rotatable bonds is 9. The second kappa shape index (κ2) is 11.6. The number of H-pyrrole nitrogens is 1. The quantitative estimate of drug-likeness (QED) is 0.264. The number of nitrogens with one attached hydrogen (secondary N) is 1. The minimum atomic E-state index is -4.59. The Morgan fingerprint density at radius 1 is 0.974 bits per heavy atom. The predicted octanol–water partition coefficient (Wildman–Crippen LogP) is 6.49. The Labute approximate surface area is 225 Å². The van der Waals surface area contributed by atoms with E-state index in [1.54, 1.807) is 0 Å². The lowest BCUT2D eigenvalue weighted by Gasteiger charge is -2.22. The molecule has 0 bridgehead atoms. The molecule has 4 aromatic rings. The highest BCUT2D eigenvalue weighted by Gasteiger charge is 2.40. The zero-order valence-corrected chi connectivity index (χ0v) is 22.0. The molecule has 7 nitrogen and oxygen atoms in total. The third kappa shape index (κ3) is 5.84. The van der Waals surface area contributed by atoms with Gasteiger partial charge in [-0.2, -0.15) is 13.2 Å². The number of hydrogen-bond acceptors (Lipinski definition) is 4. The fraction of sp³-hybridized carbons (Fsp3) is 0.448. The van der Waals surface area contributed by atoms with Gasteiger partial charge in [0.25, 0.3) is 0 Å². The number of aromatic nitrogens is 6. The van der Waals surface area contributed by atoms with Crippen molar-refractivity contribution in [2.75, 3.05) is 0 Å². The molecule has 1 N–H and O–H groups in total. The van der Waals surface area contributed by atoms with Gasteiger partial charge in [0.15, 0.2) is 5.82 Å². The highest BCUT2D eigenvalue weighted by molar-refractivity contribution is 5.80. The third-order valence-corrected chi connectivity index (χ3v) is 7.71. The molecule has 0 saturated heterocycles. The largest absolute Gasteiger partial charge is 0.433 e. The van der Waals surface area contributed by atoms with Crippen molar-refractivity contribution in [2.24, 2.45) is 5.92 Å². The summed E-state index contributed by atoms with van der Waals surface area (Å²) in [6, 6.07) is 15.2. The average Bonchev–Trinajstić information content (AvgIpc) is 3.56. The van der Waals surface area contributed by atoms with E-state index in [0.29, 0.717) is 24.6 Å². The molecule has 206 valence electrons. The summed E-state index contributed by atoms with van der Waals surface area (Å²) < 4.78 is 45.3. The molecule has 0 atom stereocenters. The molecule has 2 aromatic carbocycles. The van der Waals surface area contributed by atoms with Crippen LogP contribution in [0.4, 0.5) is 13.2 Å². The average molecular weight is 539 g/mol. The molecule has 1 aliphatic rings. The number of imidazole rings is 1. The first-order chi connectivity index (χ1) is 18.9. The first-order valence-corrected chi connectivity index (χ1v) is 13.7. The van der Waals surface area contributed by atoms with Crippen molar-refractivity contribution >= 4 is 0 Å². The van der Waals surface area contributed by atoms with E-state index >= 15 is 0 Å². The molecule has 0 spiro atoms. The Balaban J connectivity index is 1.46. The van der Waals surface area contributed by atoms with Crippen LogP contribution >= 0.6 is 0 Å². The molecule has 1 fully saturated rings. The maximum Gasteiger partial charge on any atom is 0.433 e. The van der Waals surface area contributed by atoms with Crippen molar-refractivity contribution in [3.8, 4) is 22.5 Å². The summed E-state index contributed by atoms with van der Waals surface area (Å²) in [5.41, 5.74) is 2.14. The van der Waals surface area contributed by atoms with E-state index in [0.717, 1.165) is 52.5 Å². The molecular weight excluding hydrogens is 505 g/mol. The second-order valence-corrected chi connectivity index (χ2v) is 10.3. The van der Waals surface area contributed by atoms with Crippen LogP contribution in [0, 0.1) is 5.92 Å². The monoisotopic (exact) mass is 538 g/mol. The van der Waals surface area contributed by atoms with Gasteiger partial charge < -0.3 is 0 Å². The van der Waals surface area contributed by atoms with Gasteiger partial charge in [0.2, 0.25) is 0 Å². The molecule has 0 amide bonds. The molecule has 1 saturated carbocycles. The second-order valence-electron chi connectivity index (χ2n) is 10.3. The summed E-state index contributed by atoms with van der Waals surface area (Å²) in [5, 5.41) is 14.1. The highest BCUT2D eigenvalue weighted by Crippen LogP contribution is 2.34. The molecule has 2 heterocycles. The number of benzene rings is 2. The minimum absolute atomic E-state index is 0.0749. The standard InChI is InChI=1S/C29H33F3N6O/c1-2-8-25-26(29(30,31)32)37(18-17-20-9-4-3-5-10-20)28(39)38(25)19-21-13-15-22(16-14-21)23-11-6-7-12-24(23)27-33-35-36-34-27/h6-7,11-16,20H,2-5,8-10,17-19H2,1H3,(H,33,34,35,36). The molecule has 0 aliphatic heterocycles. The van der Waals surface area contributed by atoms with Crippen LogP contribution in [0.5, 0.6) is 0 Å². The van der Waals surface area contributed by atoms with Crippen LogP contribution in [0.1, 0.15) is 68.8 Å². The van der Waals surface area contributed by atoms with Crippen molar-refractivity contribution in [3.63, 3.8) is 0 Å². The molecule has 0 radical (unpaired) electrons. The minimum Gasteiger partial charge on any atom is -0.291 e. The maximum atomic E-state index is 14.3. The smallest absolute Gasteiger partial charge is 0.291 e. The van der Waals surface area contributed by atoms with Crippen LogP contribution in [0.25, 0.3) is 22.5 Å². The van der Waals surface area contributed by atoms with E-state index in [1.165, 1.54) is 11.0 Å². The van der Waals surface area contributed by atoms with Crippen LogP contribution in [0.15, 0.2) is 53.3 Å². The lowest BCUT2D eigenvalue weighted by molar-refractivity contribution is -0.144. The summed E-state index contributed by atoms with van der Waals surface area (Å²) >= 11 is 0. The predicted molar refractivity (Wildman–Crippen MR) is 143 cm³/mol. The van der Waals surface area contributed by atoms with Crippen molar-refractivity contribution in [2.45, 2.75) is 77.6 Å². The van der Waals surface area contributed by atoms with E-state index in [2.05, 4.69) is 20.6 Å². The van der Waals surface area contributed by atoms with Crippen LogP contribution in [0.2, 0.25) is 0 Å². The number of tetrazole rings is 1. The normalized spacial score (nSPS) is 14.7. The number of nitrogens with zero attached hydrogens (tertiary/aromatic N) is 5. The van der Waals surface area contributed by atoms with Gasteiger partial charge in [-0.1, -0.05) is 94.0 Å². The summed E-state index contributed by atoms with van der Waals surface area (Å²) in [4.78, 5) is 13.5. The SMILES string of the molecule is CCCc1c(C(F)(F)F)n(CCC2CCCCC2)c(=O)n1Cc1ccc(-c2ccccc2-c2nnn[nH]2)cc1. The Bertz CT molecular complexity index is 1430. The van der Waals surface area contributed by atoms with Crippen LogP contribution in [0.3, 0.4) is 0 Å². The van der Waals surface area contributed by atoms with E-state index < -0.39 is 17.6 Å². The van der Waals surface area contributed by atoms with Gasteiger partial charge in [-0.05, 0) is 45.9 Å². The molecule has 1 aliphatic carbocycles. The van der Waals surface area contributed by atoms with Gasteiger partial charge in [-0.3, -0.25) is 9.13 Å². The van der Waals surface area contributed by atoms with Crippen molar-refractivity contribution in [1.29, 1.82) is 0 Å². The van der Waals surface area contributed by atoms with Crippen LogP contribution in [-0.4, -0.2) is 29.8 Å². The first kappa shape index (κ1) is 26.9. The lowest BCUT2D eigenvalue weighted by Crippen LogP contribution is -2.28.